The van der Waals surface area contributed by atoms with Gasteiger partial charge < -0.3 is 0 Å². The minimum atomic E-state index is 0.761. The highest BCUT2D eigenvalue weighted by Gasteiger charge is 1.90. The summed E-state index contributed by atoms with van der Waals surface area (Å²) in [6.45, 7) is 7.27. The first kappa shape index (κ1) is 12.2. The second-order valence-electron chi connectivity index (χ2n) is 3.57. The van der Waals surface area contributed by atoms with Gasteiger partial charge in [0.05, 0.1) is 6.54 Å². The molecule has 0 spiro atoms. The molecule has 0 aromatic heterocycles. The third-order valence-corrected chi connectivity index (χ3v) is 1.74. The van der Waals surface area contributed by atoms with Gasteiger partial charge in [-0.3, -0.25) is 0 Å². The Morgan fingerprint density at radius 3 is 2.77 bits per heavy atom. The molecule has 0 aliphatic heterocycles. The van der Waals surface area contributed by atoms with E-state index in [1.165, 1.54) is 12.8 Å². The molecule has 0 radical (unpaired) electrons. The number of unbranched alkanes of at least 4 members (excludes halogenated alkanes) is 1. The molecule has 1 nitrogen and oxygen atoms in total. The van der Waals surface area contributed by atoms with Crippen LogP contribution in [0.25, 0.3) is 0 Å². The molecule has 0 saturated carbocycles. The molecule has 0 amide bonds. The topological polar surface area (TPSA) is 12.4 Å². The molecule has 0 aliphatic carbocycles. The fraction of sp³-hybridized carbons (Fsp3) is 0.667. The Hall–Kier alpha value is -0.810. The molecule has 0 bridgehead atoms. The molecule has 0 aromatic carbocycles. The largest absolute Gasteiger partial charge is 0.239 e. The molecule has 0 atom stereocenters. The Morgan fingerprint density at radius 1 is 1.38 bits per heavy atom. The van der Waals surface area contributed by atoms with Crippen LogP contribution in [0.4, 0.5) is 0 Å². The average molecular weight is 179 g/mol. The van der Waals surface area contributed by atoms with E-state index in [1.807, 2.05) is 25.2 Å². The van der Waals surface area contributed by atoms with E-state index in [2.05, 4.69) is 24.7 Å². The van der Waals surface area contributed by atoms with E-state index in [1.54, 1.807) is 0 Å². The SMILES string of the molecule is CC=CCN=C=CCCCC(C)C. The first-order valence-corrected chi connectivity index (χ1v) is 5.12. The third kappa shape index (κ3) is 11.2. The lowest BCUT2D eigenvalue weighted by Crippen LogP contribution is -1.85. The van der Waals surface area contributed by atoms with E-state index in [0.29, 0.717) is 0 Å². The maximum Gasteiger partial charge on any atom is 0.0664 e. The van der Waals surface area contributed by atoms with Gasteiger partial charge in [0.15, 0.2) is 0 Å². The number of rotatable bonds is 6. The van der Waals surface area contributed by atoms with Gasteiger partial charge in [0.25, 0.3) is 0 Å². The van der Waals surface area contributed by atoms with Gasteiger partial charge in [-0.1, -0.05) is 32.4 Å². The highest BCUT2D eigenvalue weighted by Crippen LogP contribution is 2.05. The summed E-state index contributed by atoms with van der Waals surface area (Å²) < 4.78 is 0. The zero-order valence-electron chi connectivity index (χ0n) is 9.09. The molecule has 0 heterocycles. The number of aliphatic imine (C=N–C) groups is 1. The Morgan fingerprint density at radius 2 is 2.15 bits per heavy atom. The van der Waals surface area contributed by atoms with E-state index >= 15 is 0 Å². The van der Waals surface area contributed by atoms with Crippen LogP contribution < -0.4 is 0 Å². The number of hydrogen-bond donors (Lipinski definition) is 0. The molecule has 0 fully saturated rings. The van der Waals surface area contributed by atoms with Crippen LogP contribution in [-0.2, 0) is 0 Å². The fourth-order valence-corrected chi connectivity index (χ4v) is 0.968. The van der Waals surface area contributed by atoms with Gasteiger partial charge in [0.2, 0.25) is 0 Å². The van der Waals surface area contributed by atoms with Crippen molar-refractivity contribution in [2.45, 2.75) is 40.0 Å². The summed E-state index contributed by atoms with van der Waals surface area (Å²) in [4.78, 5) is 4.09. The Kier molecular flexibility index (Phi) is 8.70. The molecule has 0 N–H and O–H groups in total. The summed E-state index contributed by atoms with van der Waals surface area (Å²) >= 11 is 0. The maximum absolute atomic E-state index is 4.09. The van der Waals surface area contributed by atoms with Crippen molar-refractivity contribution in [2.75, 3.05) is 6.54 Å². The van der Waals surface area contributed by atoms with Crippen LogP contribution >= 0.6 is 0 Å². The summed E-state index contributed by atoms with van der Waals surface area (Å²) in [5, 5.41) is 0. The summed E-state index contributed by atoms with van der Waals surface area (Å²) in [7, 11) is 0. The molecule has 0 rings (SSSR count). The summed E-state index contributed by atoms with van der Waals surface area (Å²) in [5.74, 6) is 3.76. The van der Waals surface area contributed by atoms with Crippen LogP contribution in [0.1, 0.15) is 40.0 Å². The summed E-state index contributed by atoms with van der Waals surface area (Å²) in [6.07, 6.45) is 9.72. The van der Waals surface area contributed by atoms with Crippen LogP contribution in [0.15, 0.2) is 23.2 Å². The minimum Gasteiger partial charge on any atom is -0.239 e. The smallest absolute Gasteiger partial charge is 0.0664 e. The lowest BCUT2D eigenvalue weighted by molar-refractivity contribution is 0.560. The van der Waals surface area contributed by atoms with Crippen LogP contribution in [0.2, 0.25) is 0 Å². The molecule has 1 heteroatoms. The van der Waals surface area contributed by atoms with Crippen LogP contribution in [-0.4, -0.2) is 12.4 Å². The molecular weight excluding hydrogens is 158 g/mol. The van der Waals surface area contributed by atoms with Crippen molar-refractivity contribution in [1.82, 2.24) is 0 Å². The molecular formula is C12H21N. The van der Waals surface area contributed by atoms with Gasteiger partial charge in [-0.2, -0.15) is 0 Å². The normalized spacial score (nSPS) is 10.5. The van der Waals surface area contributed by atoms with E-state index in [-0.39, 0.29) is 0 Å². The van der Waals surface area contributed by atoms with Gasteiger partial charge in [-0.15, -0.1) is 0 Å². The first-order valence-electron chi connectivity index (χ1n) is 5.12. The minimum absolute atomic E-state index is 0.761. The van der Waals surface area contributed by atoms with Crippen LogP contribution in [0.3, 0.4) is 0 Å². The van der Waals surface area contributed by atoms with Crippen molar-refractivity contribution >= 4 is 5.87 Å². The molecule has 0 aliphatic rings. The van der Waals surface area contributed by atoms with Crippen molar-refractivity contribution in [3.8, 4) is 0 Å². The number of hydrogen-bond acceptors (Lipinski definition) is 1. The molecule has 74 valence electrons. The highest BCUT2D eigenvalue weighted by atomic mass is 14.7. The predicted molar refractivity (Wildman–Crippen MR) is 60.4 cm³/mol. The van der Waals surface area contributed by atoms with E-state index in [4.69, 9.17) is 0 Å². The molecule has 0 unspecified atom stereocenters. The lowest BCUT2D eigenvalue weighted by atomic mass is 10.1. The quantitative estimate of drug-likeness (QED) is 0.335. The zero-order valence-corrected chi connectivity index (χ0v) is 9.09. The third-order valence-electron chi connectivity index (χ3n) is 1.74. The lowest BCUT2D eigenvalue weighted by Gasteiger charge is -1.99. The van der Waals surface area contributed by atoms with Gasteiger partial charge in [-0.05, 0) is 37.6 Å². The average Bonchev–Trinajstić information content (AvgIpc) is 2.09. The van der Waals surface area contributed by atoms with Gasteiger partial charge in [0, 0.05) is 0 Å². The van der Waals surface area contributed by atoms with E-state index in [9.17, 15) is 0 Å². The van der Waals surface area contributed by atoms with Crippen LogP contribution in [0, 0.1) is 5.92 Å². The second kappa shape index (κ2) is 9.28. The van der Waals surface area contributed by atoms with Crippen molar-refractivity contribution in [2.24, 2.45) is 10.9 Å². The highest BCUT2D eigenvalue weighted by molar-refractivity contribution is 5.51. The summed E-state index contributed by atoms with van der Waals surface area (Å²) in [5.41, 5.74) is 0. The van der Waals surface area contributed by atoms with Gasteiger partial charge >= 0.3 is 0 Å². The van der Waals surface area contributed by atoms with Crippen molar-refractivity contribution in [3.05, 3.63) is 18.2 Å². The second-order valence-corrected chi connectivity index (χ2v) is 3.57. The zero-order chi connectivity index (χ0) is 9.94. The maximum atomic E-state index is 4.09. The monoisotopic (exact) mass is 179 g/mol. The Labute approximate surface area is 82.3 Å². The Bertz CT molecular complexity index is 183. The standard InChI is InChI=1S/C12H21N/c1-4-5-10-13-11-8-6-7-9-12(2)3/h4-5,8,12H,6-7,9-10H2,1-3H3. The van der Waals surface area contributed by atoms with Gasteiger partial charge in [0.1, 0.15) is 0 Å². The van der Waals surface area contributed by atoms with Crippen LogP contribution in [0.5, 0.6) is 0 Å². The van der Waals surface area contributed by atoms with Crippen molar-refractivity contribution in [3.63, 3.8) is 0 Å². The van der Waals surface area contributed by atoms with Crippen molar-refractivity contribution in [1.29, 1.82) is 0 Å². The van der Waals surface area contributed by atoms with Gasteiger partial charge in [-0.25, -0.2) is 4.99 Å². The van der Waals surface area contributed by atoms with E-state index in [0.717, 1.165) is 18.9 Å². The number of allylic oxidation sites excluding steroid dienone is 2. The molecule has 13 heavy (non-hydrogen) atoms. The van der Waals surface area contributed by atoms with Crippen molar-refractivity contribution < 1.29 is 0 Å². The first-order chi connectivity index (χ1) is 6.27. The van der Waals surface area contributed by atoms with E-state index < -0.39 is 0 Å². The predicted octanol–water partition coefficient (Wildman–Crippen LogP) is 3.61. The Balaban J connectivity index is 3.35. The number of nitrogens with zero attached hydrogens (tertiary/aromatic N) is 1. The molecule has 0 aromatic rings. The molecule has 0 saturated heterocycles. The summed E-state index contributed by atoms with van der Waals surface area (Å²) in [6, 6.07) is 0. The fourth-order valence-electron chi connectivity index (χ4n) is 0.968.